The summed E-state index contributed by atoms with van der Waals surface area (Å²) in [6.45, 7) is 2.14. The van der Waals surface area contributed by atoms with E-state index in [9.17, 15) is 8.42 Å². The van der Waals surface area contributed by atoms with E-state index < -0.39 is 10.0 Å². The number of nitrogens with two attached hydrogens (primary N) is 1. The SMILES string of the molecule is Cc1sc(CN)cc1S(=O)(=O)Nc1cccc(I)c1. The Balaban J connectivity index is 2.34. The van der Waals surface area contributed by atoms with Crippen molar-refractivity contribution in [2.75, 3.05) is 4.72 Å². The molecule has 102 valence electrons. The van der Waals surface area contributed by atoms with Crippen LogP contribution in [-0.2, 0) is 16.6 Å². The summed E-state index contributed by atoms with van der Waals surface area (Å²) in [6, 6.07) is 8.86. The molecule has 0 radical (unpaired) electrons. The molecule has 19 heavy (non-hydrogen) atoms. The minimum atomic E-state index is -3.55. The highest BCUT2D eigenvalue weighted by atomic mass is 127. The lowest BCUT2D eigenvalue weighted by atomic mass is 10.3. The highest BCUT2D eigenvalue weighted by molar-refractivity contribution is 14.1. The van der Waals surface area contributed by atoms with E-state index >= 15 is 0 Å². The lowest BCUT2D eigenvalue weighted by molar-refractivity contribution is 0.601. The van der Waals surface area contributed by atoms with Crippen LogP contribution in [0.3, 0.4) is 0 Å². The number of sulfonamides is 1. The van der Waals surface area contributed by atoms with Crippen molar-refractivity contribution in [1.29, 1.82) is 0 Å². The zero-order valence-corrected chi connectivity index (χ0v) is 14.0. The van der Waals surface area contributed by atoms with Gasteiger partial charge in [-0.3, -0.25) is 4.72 Å². The van der Waals surface area contributed by atoms with Gasteiger partial charge >= 0.3 is 0 Å². The van der Waals surface area contributed by atoms with E-state index in [0.29, 0.717) is 17.1 Å². The van der Waals surface area contributed by atoms with Gasteiger partial charge in [0.1, 0.15) is 4.90 Å². The third-order valence-electron chi connectivity index (χ3n) is 2.49. The number of halogens is 1. The van der Waals surface area contributed by atoms with Crippen LogP contribution in [0.4, 0.5) is 5.69 Å². The summed E-state index contributed by atoms with van der Waals surface area (Å²) < 4.78 is 28.2. The molecule has 4 nitrogen and oxygen atoms in total. The van der Waals surface area contributed by atoms with E-state index in [2.05, 4.69) is 27.3 Å². The van der Waals surface area contributed by atoms with E-state index in [1.54, 1.807) is 25.1 Å². The zero-order chi connectivity index (χ0) is 14.0. The standard InChI is InChI=1S/C12H13IN2O2S2/c1-8-12(6-11(7-14)18-8)19(16,17)15-10-4-2-3-9(13)5-10/h2-6,15H,7,14H2,1H3. The van der Waals surface area contributed by atoms with Crippen LogP contribution in [0.25, 0.3) is 0 Å². The van der Waals surface area contributed by atoms with Crippen molar-refractivity contribution in [3.8, 4) is 0 Å². The van der Waals surface area contributed by atoms with E-state index in [0.717, 1.165) is 13.3 Å². The Morgan fingerprint density at radius 3 is 2.68 bits per heavy atom. The Morgan fingerprint density at radius 2 is 2.11 bits per heavy atom. The fourth-order valence-electron chi connectivity index (χ4n) is 1.65. The fourth-order valence-corrected chi connectivity index (χ4v) is 4.76. The Hall–Kier alpha value is -0.640. The average Bonchev–Trinajstić information content (AvgIpc) is 2.71. The number of rotatable bonds is 4. The Bertz CT molecular complexity index is 696. The van der Waals surface area contributed by atoms with Gasteiger partial charge in [0.05, 0.1) is 0 Å². The molecule has 3 N–H and O–H groups in total. The van der Waals surface area contributed by atoms with Gasteiger partial charge in [-0.05, 0) is 53.8 Å². The van der Waals surface area contributed by atoms with Crippen molar-refractivity contribution in [1.82, 2.24) is 0 Å². The molecule has 1 aromatic carbocycles. The predicted molar refractivity (Wildman–Crippen MR) is 86.9 cm³/mol. The first kappa shape index (κ1) is 14.8. The molecule has 0 bridgehead atoms. The molecule has 0 unspecified atom stereocenters. The number of hydrogen-bond acceptors (Lipinski definition) is 4. The minimum Gasteiger partial charge on any atom is -0.326 e. The first-order valence-electron chi connectivity index (χ1n) is 5.50. The number of nitrogens with one attached hydrogen (secondary N) is 1. The van der Waals surface area contributed by atoms with Crippen LogP contribution in [0.2, 0.25) is 0 Å². The number of hydrogen-bond donors (Lipinski definition) is 2. The maximum atomic E-state index is 12.3. The van der Waals surface area contributed by atoms with Gasteiger partial charge in [0.2, 0.25) is 0 Å². The van der Waals surface area contributed by atoms with E-state index in [4.69, 9.17) is 5.73 Å². The maximum Gasteiger partial charge on any atom is 0.263 e. The highest BCUT2D eigenvalue weighted by Crippen LogP contribution is 2.27. The van der Waals surface area contributed by atoms with Gasteiger partial charge in [-0.15, -0.1) is 11.3 Å². The van der Waals surface area contributed by atoms with Crippen molar-refractivity contribution in [3.63, 3.8) is 0 Å². The molecule has 1 heterocycles. The third kappa shape index (κ3) is 3.47. The number of benzene rings is 1. The van der Waals surface area contributed by atoms with Crippen molar-refractivity contribution in [2.45, 2.75) is 18.4 Å². The van der Waals surface area contributed by atoms with Crippen molar-refractivity contribution < 1.29 is 8.42 Å². The topological polar surface area (TPSA) is 72.2 Å². The van der Waals surface area contributed by atoms with Gasteiger partial charge in [-0.25, -0.2) is 8.42 Å². The van der Waals surface area contributed by atoms with Gasteiger partial charge in [0.15, 0.2) is 0 Å². The number of thiophene rings is 1. The fraction of sp³-hybridized carbons (Fsp3) is 0.167. The van der Waals surface area contributed by atoms with E-state index in [-0.39, 0.29) is 0 Å². The molecule has 2 rings (SSSR count). The lowest BCUT2D eigenvalue weighted by Crippen LogP contribution is -2.13. The average molecular weight is 408 g/mol. The molecule has 0 aliphatic heterocycles. The van der Waals surface area contributed by atoms with Crippen LogP contribution in [0, 0.1) is 10.5 Å². The van der Waals surface area contributed by atoms with Crippen LogP contribution < -0.4 is 10.5 Å². The Morgan fingerprint density at radius 1 is 1.37 bits per heavy atom. The molecule has 0 atom stereocenters. The second-order valence-corrected chi connectivity index (χ2v) is 8.19. The molecule has 0 amide bonds. The summed E-state index contributed by atoms with van der Waals surface area (Å²) in [5.74, 6) is 0. The number of anilines is 1. The van der Waals surface area contributed by atoms with Gasteiger partial charge in [-0.2, -0.15) is 0 Å². The molecule has 0 saturated carbocycles. The monoisotopic (exact) mass is 408 g/mol. The van der Waals surface area contributed by atoms with Gasteiger partial charge in [0, 0.05) is 25.6 Å². The van der Waals surface area contributed by atoms with Crippen molar-refractivity contribution in [3.05, 3.63) is 43.7 Å². The Labute approximate surface area is 130 Å². The predicted octanol–water partition coefficient (Wildman–Crippen LogP) is 2.92. The smallest absolute Gasteiger partial charge is 0.263 e. The molecule has 2 aromatic rings. The lowest BCUT2D eigenvalue weighted by Gasteiger charge is -2.07. The van der Waals surface area contributed by atoms with Gasteiger partial charge in [-0.1, -0.05) is 6.07 Å². The first-order chi connectivity index (χ1) is 8.92. The molecule has 0 spiro atoms. The zero-order valence-electron chi connectivity index (χ0n) is 10.2. The minimum absolute atomic E-state index is 0.303. The molecular weight excluding hydrogens is 395 g/mol. The van der Waals surface area contributed by atoms with E-state index in [1.165, 1.54) is 11.3 Å². The van der Waals surface area contributed by atoms with Crippen LogP contribution in [0.15, 0.2) is 35.2 Å². The van der Waals surface area contributed by atoms with Crippen LogP contribution >= 0.6 is 33.9 Å². The Kier molecular flexibility index (Phi) is 4.49. The molecule has 7 heteroatoms. The molecule has 0 saturated heterocycles. The molecular formula is C12H13IN2O2S2. The van der Waals surface area contributed by atoms with Gasteiger partial charge in [0.25, 0.3) is 10.0 Å². The maximum absolute atomic E-state index is 12.3. The molecule has 0 fully saturated rings. The summed E-state index contributed by atoms with van der Waals surface area (Å²) in [5, 5.41) is 0. The van der Waals surface area contributed by atoms with Gasteiger partial charge < -0.3 is 5.73 Å². The van der Waals surface area contributed by atoms with Crippen LogP contribution in [0.5, 0.6) is 0 Å². The van der Waals surface area contributed by atoms with E-state index in [1.807, 2.05) is 12.1 Å². The van der Waals surface area contributed by atoms with Crippen LogP contribution in [0.1, 0.15) is 9.75 Å². The third-order valence-corrected chi connectivity index (χ3v) is 5.87. The normalized spacial score (nSPS) is 11.5. The summed E-state index contributed by atoms with van der Waals surface area (Å²) >= 11 is 3.55. The second-order valence-electron chi connectivity index (χ2n) is 3.95. The molecule has 0 aliphatic rings. The second kappa shape index (κ2) is 5.78. The van der Waals surface area contributed by atoms with Crippen molar-refractivity contribution in [2.24, 2.45) is 5.73 Å². The quantitative estimate of drug-likeness (QED) is 0.765. The molecule has 0 aliphatic carbocycles. The first-order valence-corrected chi connectivity index (χ1v) is 8.88. The molecule has 1 aromatic heterocycles. The largest absolute Gasteiger partial charge is 0.326 e. The number of aryl methyl sites for hydroxylation is 1. The summed E-state index contributed by atoms with van der Waals surface area (Å²) in [4.78, 5) is 1.91. The van der Waals surface area contributed by atoms with Crippen LogP contribution in [-0.4, -0.2) is 8.42 Å². The van der Waals surface area contributed by atoms with Crippen molar-refractivity contribution >= 4 is 49.6 Å². The highest BCUT2D eigenvalue weighted by Gasteiger charge is 2.19. The summed E-state index contributed by atoms with van der Waals surface area (Å²) in [5.41, 5.74) is 6.10. The summed E-state index contributed by atoms with van der Waals surface area (Å²) in [7, 11) is -3.55. The summed E-state index contributed by atoms with van der Waals surface area (Å²) in [6.07, 6.45) is 0.